The van der Waals surface area contributed by atoms with E-state index in [0.717, 1.165) is 18.8 Å². The molecule has 0 saturated carbocycles. The number of aliphatic hydroxyl groups excluding tert-OH is 2. The second kappa shape index (κ2) is 6.44. The Kier molecular flexibility index (Phi) is 6.39. The van der Waals surface area contributed by atoms with Gasteiger partial charge in [0.05, 0.1) is 12.7 Å². The molecule has 0 amide bonds. The van der Waals surface area contributed by atoms with Crippen molar-refractivity contribution in [1.82, 2.24) is 0 Å². The molecule has 2 N–H and O–H groups in total. The quantitative estimate of drug-likeness (QED) is 0.644. The van der Waals surface area contributed by atoms with E-state index in [1.54, 1.807) is 0 Å². The highest BCUT2D eigenvalue weighted by Gasteiger charge is 2.12. The lowest BCUT2D eigenvalue weighted by Crippen LogP contribution is -2.21. The van der Waals surface area contributed by atoms with Gasteiger partial charge in [0.25, 0.3) is 0 Å². The second-order valence-corrected chi connectivity index (χ2v) is 4.05. The molecule has 0 bridgehead atoms. The predicted molar refractivity (Wildman–Crippen MR) is 50.9 cm³/mol. The highest BCUT2D eigenvalue weighted by Crippen LogP contribution is 2.14. The molecule has 2 atom stereocenters. The average molecular weight is 174 g/mol. The fourth-order valence-corrected chi connectivity index (χ4v) is 1.22. The van der Waals surface area contributed by atoms with Crippen molar-refractivity contribution in [3.05, 3.63) is 0 Å². The van der Waals surface area contributed by atoms with Crippen molar-refractivity contribution in [3.63, 3.8) is 0 Å². The van der Waals surface area contributed by atoms with Crippen LogP contribution in [0.15, 0.2) is 0 Å². The summed E-state index contributed by atoms with van der Waals surface area (Å²) in [7, 11) is 0. The molecule has 0 aliphatic heterocycles. The lowest BCUT2D eigenvalue weighted by molar-refractivity contribution is 0.0492. The smallest absolute Gasteiger partial charge is 0.0796 e. The van der Waals surface area contributed by atoms with Crippen LogP contribution < -0.4 is 0 Å². The number of rotatable bonds is 6. The van der Waals surface area contributed by atoms with Gasteiger partial charge in [-0.15, -0.1) is 0 Å². The molecule has 0 spiro atoms. The highest BCUT2D eigenvalue weighted by atomic mass is 16.3. The van der Waals surface area contributed by atoms with Crippen LogP contribution >= 0.6 is 0 Å². The minimum absolute atomic E-state index is 0.108. The summed E-state index contributed by atoms with van der Waals surface area (Å²) in [5.41, 5.74) is 0. The van der Waals surface area contributed by atoms with Crippen LogP contribution in [0.4, 0.5) is 0 Å². The first-order valence-corrected chi connectivity index (χ1v) is 4.86. The van der Waals surface area contributed by atoms with Gasteiger partial charge in [-0.25, -0.2) is 0 Å². The van der Waals surface area contributed by atoms with Gasteiger partial charge >= 0.3 is 0 Å². The van der Waals surface area contributed by atoms with Gasteiger partial charge in [-0.2, -0.15) is 0 Å². The van der Waals surface area contributed by atoms with Crippen LogP contribution in [0, 0.1) is 11.8 Å². The molecule has 0 unspecified atom stereocenters. The summed E-state index contributed by atoms with van der Waals surface area (Å²) in [6.45, 7) is 6.28. The Morgan fingerprint density at radius 1 is 1.08 bits per heavy atom. The summed E-state index contributed by atoms with van der Waals surface area (Å²) in [6, 6.07) is 0. The molecule has 0 aliphatic carbocycles. The zero-order valence-corrected chi connectivity index (χ0v) is 8.45. The maximum Gasteiger partial charge on any atom is 0.0796 e. The summed E-state index contributed by atoms with van der Waals surface area (Å²) in [5, 5.41) is 17.9. The second-order valence-electron chi connectivity index (χ2n) is 4.05. The third-order valence-corrected chi connectivity index (χ3v) is 2.28. The minimum Gasteiger partial charge on any atom is -0.394 e. The fraction of sp³-hybridized carbons (Fsp3) is 1.00. The van der Waals surface area contributed by atoms with Gasteiger partial charge in [-0.1, -0.05) is 33.6 Å². The Balaban J connectivity index is 3.37. The molecular formula is C10H22O2. The molecule has 74 valence electrons. The van der Waals surface area contributed by atoms with Crippen molar-refractivity contribution in [3.8, 4) is 0 Å². The van der Waals surface area contributed by atoms with Crippen LogP contribution in [0.5, 0.6) is 0 Å². The Morgan fingerprint density at radius 3 is 2.08 bits per heavy atom. The molecule has 0 saturated heterocycles. The van der Waals surface area contributed by atoms with Gasteiger partial charge in [-0.05, 0) is 18.3 Å². The molecule has 0 radical (unpaired) electrons. The van der Waals surface area contributed by atoms with Crippen molar-refractivity contribution in [1.29, 1.82) is 0 Å². The molecule has 0 fully saturated rings. The SMILES string of the molecule is CC(C)CCC[C@H](C)[C@@H](O)CO. The van der Waals surface area contributed by atoms with E-state index in [1.165, 1.54) is 6.42 Å². The summed E-state index contributed by atoms with van der Waals surface area (Å²) in [6.07, 6.45) is 2.84. The first kappa shape index (κ1) is 11.9. The van der Waals surface area contributed by atoms with E-state index in [2.05, 4.69) is 13.8 Å². The summed E-state index contributed by atoms with van der Waals surface area (Å²) in [5.74, 6) is 0.970. The number of aliphatic hydroxyl groups is 2. The fourth-order valence-electron chi connectivity index (χ4n) is 1.22. The molecule has 2 heteroatoms. The maximum atomic E-state index is 9.24. The zero-order valence-electron chi connectivity index (χ0n) is 8.45. The molecular weight excluding hydrogens is 152 g/mol. The van der Waals surface area contributed by atoms with Crippen LogP contribution in [-0.2, 0) is 0 Å². The molecule has 0 rings (SSSR count). The Hall–Kier alpha value is -0.0800. The Morgan fingerprint density at radius 2 is 1.67 bits per heavy atom. The minimum atomic E-state index is -0.530. The third-order valence-electron chi connectivity index (χ3n) is 2.28. The molecule has 0 heterocycles. The van der Waals surface area contributed by atoms with Crippen LogP contribution in [0.25, 0.3) is 0 Å². The largest absolute Gasteiger partial charge is 0.394 e. The first-order chi connectivity index (χ1) is 5.57. The number of hydrogen-bond acceptors (Lipinski definition) is 2. The lowest BCUT2D eigenvalue weighted by Gasteiger charge is -2.16. The van der Waals surface area contributed by atoms with Crippen molar-refractivity contribution < 1.29 is 10.2 Å². The van der Waals surface area contributed by atoms with Crippen LogP contribution in [0.1, 0.15) is 40.0 Å². The molecule has 2 nitrogen and oxygen atoms in total. The van der Waals surface area contributed by atoms with Gasteiger partial charge < -0.3 is 10.2 Å². The van der Waals surface area contributed by atoms with Crippen molar-refractivity contribution in [2.45, 2.75) is 46.1 Å². The van der Waals surface area contributed by atoms with Gasteiger partial charge in [0.2, 0.25) is 0 Å². The van der Waals surface area contributed by atoms with Crippen LogP contribution in [0.3, 0.4) is 0 Å². The van der Waals surface area contributed by atoms with Crippen LogP contribution in [-0.4, -0.2) is 22.9 Å². The summed E-state index contributed by atoms with van der Waals surface area (Å²) < 4.78 is 0. The monoisotopic (exact) mass is 174 g/mol. The molecule has 0 aromatic heterocycles. The van der Waals surface area contributed by atoms with E-state index >= 15 is 0 Å². The molecule has 0 aromatic rings. The zero-order chi connectivity index (χ0) is 9.56. The predicted octanol–water partition coefficient (Wildman–Crippen LogP) is 1.80. The van der Waals surface area contributed by atoms with E-state index in [4.69, 9.17) is 5.11 Å². The molecule has 0 aliphatic rings. The summed E-state index contributed by atoms with van der Waals surface area (Å²) >= 11 is 0. The molecule has 12 heavy (non-hydrogen) atoms. The van der Waals surface area contributed by atoms with E-state index < -0.39 is 6.10 Å². The normalized spacial score (nSPS) is 16.5. The van der Waals surface area contributed by atoms with Crippen molar-refractivity contribution >= 4 is 0 Å². The first-order valence-electron chi connectivity index (χ1n) is 4.86. The topological polar surface area (TPSA) is 40.5 Å². The van der Waals surface area contributed by atoms with Crippen molar-refractivity contribution in [2.24, 2.45) is 11.8 Å². The van der Waals surface area contributed by atoms with E-state index in [1.807, 2.05) is 6.92 Å². The van der Waals surface area contributed by atoms with E-state index in [0.29, 0.717) is 0 Å². The average Bonchev–Trinajstić information content (AvgIpc) is 2.02. The third kappa shape index (κ3) is 5.56. The summed E-state index contributed by atoms with van der Waals surface area (Å²) in [4.78, 5) is 0. The maximum absolute atomic E-state index is 9.24. The van der Waals surface area contributed by atoms with E-state index in [9.17, 15) is 5.11 Å². The van der Waals surface area contributed by atoms with Gasteiger partial charge in [0, 0.05) is 0 Å². The van der Waals surface area contributed by atoms with Gasteiger partial charge in [0.15, 0.2) is 0 Å². The standard InChI is InChI=1S/C10H22O2/c1-8(2)5-4-6-9(3)10(12)7-11/h8-12H,4-7H2,1-3H3/t9-,10-/m0/s1. The lowest BCUT2D eigenvalue weighted by atomic mass is 9.96. The van der Waals surface area contributed by atoms with E-state index in [-0.39, 0.29) is 12.5 Å². The number of hydrogen-bond donors (Lipinski definition) is 2. The van der Waals surface area contributed by atoms with Crippen LogP contribution in [0.2, 0.25) is 0 Å². The van der Waals surface area contributed by atoms with Crippen molar-refractivity contribution in [2.75, 3.05) is 6.61 Å². The molecule has 0 aromatic carbocycles. The Bertz CT molecular complexity index is 102. The highest BCUT2D eigenvalue weighted by molar-refractivity contribution is 4.63. The van der Waals surface area contributed by atoms with Gasteiger partial charge in [0.1, 0.15) is 0 Å². The van der Waals surface area contributed by atoms with Gasteiger partial charge in [-0.3, -0.25) is 0 Å². The Labute approximate surface area is 75.6 Å².